The van der Waals surface area contributed by atoms with Gasteiger partial charge in [-0.2, -0.15) is 0 Å². The molecule has 2 aromatic rings. The van der Waals surface area contributed by atoms with Gasteiger partial charge in [-0.25, -0.2) is 9.97 Å². The lowest BCUT2D eigenvalue weighted by Crippen LogP contribution is -2.19. The van der Waals surface area contributed by atoms with Gasteiger partial charge in [0.05, 0.1) is 25.2 Å². The van der Waals surface area contributed by atoms with E-state index in [0.717, 1.165) is 5.39 Å². The quantitative estimate of drug-likeness (QED) is 0.817. The molecule has 19 heavy (non-hydrogen) atoms. The molecule has 7 nitrogen and oxygen atoms in total. The second-order valence-corrected chi connectivity index (χ2v) is 4.48. The Labute approximate surface area is 109 Å². The zero-order valence-corrected chi connectivity index (χ0v) is 10.4. The summed E-state index contributed by atoms with van der Waals surface area (Å²) in [4.78, 5) is 8.22. The molecule has 3 rings (SSSR count). The van der Waals surface area contributed by atoms with Gasteiger partial charge in [0.1, 0.15) is 18.1 Å². The van der Waals surface area contributed by atoms with Gasteiger partial charge in [-0.15, -0.1) is 0 Å². The van der Waals surface area contributed by atoms with E-state index < -0.39 is 12.3 Å². The van der Waals surface area contributed by atoms with Crippen molar-refractivity contribution in [1.82, 2.24) is 14.5 Å². The molecule has 1 unspecified atom stereocenters. The third-order valence-corrected chi connectivity index (χ3v) is 3.31. The number of nitrogens with zero attached hydrogens (tertiary/aromatic N) is 3. The van der Waals surface area contributed by atoms with Crippen LogP contribution in [0.1, 0.15) is 12.6 Å². The largest absolute Gasteiger partial charge is 0.480 e. The fourth-order valence-electron chi connectivity index (χ4n) is 2.41. The monoisotopic (exact) mass is 265 g/mol. The number of aromatic nitrogens is 3. The van der Waals surface area contributed by atoms with E-state index in [9.17, 15) is 5.11 Å². The van der Waals surface area contributed by atoms with Gasteiger partial charge in [0, 0.05) is 12.6 Å². The van der Waals surface area contributed by atoms with Gasteiger partial charge in [-0.1, -0.05) is 0 Å². The van der Waals surface area contributed by atoms with Gasteiger partial charge in [-0.3, -0.25) is 0 Å². The van der Waals surface area contributed by atoms with Gasteiger partial charge >= 0.3 is 0 Å². The van der Waals surface area contributed by atoms with Gasteiger partial charge in [-0.05, 0) is 6.07 Å². The standard InChI is InChI=1S/C12H15N3O4/c1-18-11-8-2-3-15(10(8)13-6-14-11)12-9(17)4-7(5-16)19-12/h2-3,6-7,9,12,16-17H,4-5H2,1H3/t7-,9+,12?/m0/s1. The van der Waals surface area contributed by atoms with Crippen molar-refractivity contribution >= 4 is 11.0 Å². The zero-order chi connectivity index (χ0) is 13.4. The minimum Gasteiger partial charge on any atom is -0.480 e. The van der Waals surface area contributed by atoms with Crippen molar-refractivity contribution < 1.29 is 19.7 Å². The average molecular weight is 265 g/mol. The van der Waals surface area contributed by atoms with E-state index in [1.165, 1.54) is 6.33 Å². The third-order valence-electron chi connectivity index (χ3n) is 3.31. The van der Waals surface area contributed by atoms with Crippen molar-refractivity contribution in [2.45, 2.75) is 24.9 Å². The summed E-state index contributed by atoms with van der Waals surface area (Å²) in [6.07, 6.45) is 2.02. The molecule has 2 N–H and O–H groups in total. The van der Waals surface area contributed by atoms with Gasteiger partial charge < -0.3 is 24.3 Å². The Bertz CT molecular complexity index is 585. The lowest BCUT2D eigenvalue weighted by atomic mass is 10.2. The van der Waals surface area contributed by atoms with Crippen molar-refractivity contribution in [3.05, 3.63) is 18.6 Å². The summed E-state index contributed by atoms with van der Waals surface area (Å²) >= 11 is 0. The van der Waals surface area contributed by atoms with E-state index in [2.05, 4.69) is 9.97 Å². The van der Waals surface area contributed by atoms with E-state index in [4.69, 9.17) is 14.6 Å². The summed E-state index contributed by atoms with van der Waals surface area (Å²) in [5.41, 5.74) is 0.634. The number of aliphatic hydroxyl groups excluding tert-OH is 2. The Morgan fingerprint density at radius 3 is 3.05 bits per heavy atom. The van der Waals surface area contributed by atoms with Crippen LogP contribution in [0, 0.1) is 0 Å². The molecule has 0 radical (unpaired) electrons. The molecule has 1 fully saturated rings. The summed E-state index contributed by atoms with van der Waals surface area (Å²) in [6, 6.07) is 1.82. The van der Waals surface area contributed by atoms with Crippen LogP contribution in [0.2, 0.25) is 0 Å². The summed E-state index contributed by atoms with van der Waals surface area (Å²) < 4.78 is 12.5. The Hall–Kier alpha value is -1.70. The maximum atomic E-state index is 10.0. The van der Waals surface area contributed by atoms with Gasteiger partial charge in [0.2, 0.25) is 5.88 Å². The van der Waals surface area contributed by atoms with Crippen LogP contribution >= 0.6 is 0 Å². The maximum absolute atomic E-state index is 10.0. The number of ether oxygens (including phenoxy) is 2. The van der Waals surface area contributed by atoms with Crippen LogP contribution in [0.25, 0.3) is 11.0 Å². The number of rotatable bonds is 3. The summed E-state index contributed by atoms with van der Waals surface area (Å²) in [6.45, 7) is -0.106. The minimum absolute atomic E-state index is 0.106. The van der Waals surface area contributed by atoms with Crippen molar-refractivity contribution in [3.8, 4) is 5.88 Å². The van der Waals surface area contributed by atoms with Crippen LogP contribution in [-0.4, -0.2) is 50.7 Å². The van der Waals surface area contributed by atoms with E-state index in [1.807, 2.05) is 6.07 Å². The lowest BCUT2D eigenvalue weighted by Gasteiger charge is -2.17. The minimum atomic E-state index is -0.672. The topological polar surface area (TPSA) is 89.6 Å². The average Bonchev–Trinajstić information content (AvgIpc) is 3.01. The van der Waals surface area contributed by atoms with E-state index in [-0.39, 0.29) is 12.7 Å². The van der Waals surface area contributed by atoms with Crippen molar-refractivity contribution in [2.24, 2.45) is 0 Å². The van der Waals surface area contributed by atoms with Crippen LogP contribution < -0.4 is 4.74 Å². The molecule has 1 saturated heterocycles. The number of methoxy groups -OCH3 is 1. The molecule has 3 heterocycles. The molecule has 1 aliphatic heterocycles. The smallest absolute Gasteiger partial charge is 0.225 e. The second-order valence-electron chi connectivity index (χ2n) is 4.48. The van der Waals surface area contributed by atoms with Gasteiger partial charge in [0.25, 0.3) is 0 Å². The number of aliphatic hydroxyl groups is 2. The fourth-order valence-corrected chi connectivity index (χ4v) is 2.41. The van der Waals surface area contributed by atoms with Gasteiger partial charge in [0.15, 0.2) is 6.23 Å². The normalized spacial score (nSPS) is 27.0. The number of fused-ring (bicyclic) bond motifs is 1. The molecule has 0 aromatic carbocycles. The van der Waals surface area contributed by atoms with E-state index in [0.29, 0.717) is 17.9 Å². The Morgan fingerprint density at radius 2 is 2.37 bits per heavy atom. The first-order chi connectivity index (χ1) is 9.24. The van der Waals surface area contributed by atoms with Crippen molar-refractivity contribution in [2.75, 3.05) is 13.7 Å². The molecule has 0 saturated carbocycles. The van der Waals surface area contributed by atoms with Crippen LogP contribution in [0.15, 0.2) is 18.6 Å². The Balaban J connectivity index is 2.02. The summed E-state index contributed by atoms with van der Waals surface area (Å²) in [7, 11) is 1.54. The second kappa shape index (κ2) is 4.76. The summed E-state index contributed by atoms with van der Waals surface area (Å²) in [5.74, 6) is 0.481. The number of hydrogen-bond donors (Lipinski definition) is 2. The predicted octanol–water partition coefficient (Wildman–Crippen LogP) is 0.0806. The maximum Gasteiger partial charge on any atom is 0.225 e. The molecule has 102 valence electrons. The first kappa shape index (κ1) is 12.3. The molecular formula is C12H15N3O4. The molecule has 3 atom stereocenters. The predicted molar refractivity (Wildman–Crippen MR) is 65.7 cm³/mol. The molecule has 7 heteroatoms. The highest BCUT2D eigenvalue weighted by Crippen LogP contribution is 2.32. The highest BCUT2D eigenvalue weighted by Gasteiger charge is 2.35. The first-order valence-electron chi connectivity index (χ1n) is 6.04. The molecule has 0 bridgehead atoms. The van der Waals surface area contributed by atoms with E-state index >= 15 is 0 Å². The molecule has 0 spiro atoms. The highest BCUT2D eigenvalue weighted by molar-refractivity contribution is 5.81. The molecule has 1 aliphatic rings. The zero-order valence-electron chi connectivity index (χ0n) is 10.4. The fraction of sp³-hybridized carbons (Fsp3) is 0.500. The van der Waals surface area contributed by atoms with Crippen LogP contribution in [0.4, 0.5) is 0 Å². The van der Waals surface area contributed by atoms with Crippen molar-refractivity contribution in [3.63, 3.8) is 0 Å². The Morgan fingerprint density at radius 1 is 1.53 bits per heavy atom. The SMILES string of the molecule is COc1ncnc2c1ccn2C1O[C@H](CO)C[C@H]1O. The third kappa shape index (κ3) is 1.95. The highest BCUT2D eigenvalue weighted by atomic mass is 16.5. The first-order valence-corrected chi connectivity index (χ1v) is 6.04. The molecule has 0 amide bonds. The number of hydrogen-bond acceptors (Lipinski definition) is 6. The van der Waals surface area contributed by atoms with Crippen LogP contribution in [0.5, 0.6) is 5.88 Å². The molecule has 2 aromatic heterocycles. The molecule has 0 aliphatic carbocycles. The lowest BCUT2D eigenvalue weighted by molar-refractivity contribution is -0.0484. The van der Waals surface area contributed by atoms with Crippen molar-refractivity contribution in [1.29, 1.82) is 0 Å². The van der Waals surface area contributed by atoms with E-state index in [1.54, 1.807) is 17.9 Å². The van der Waals surface area contributed by atoms with Crippen LogP contribution in [0.3, 0.4) is 0 Å². The Kier molecular flexibility index (Phi) is 3.09. The molecular weight excluding hydrogens is 250 g/mol. The summed E-state index contributed by atoms with van der Waals surface area (Å²) in [5, 5.41) is 19.9. The van der Waals surface area contributed by atoms with Crippen LogP contribution in [-0.2, 0) is 4.74 Å².